The number of benzene rings is 2. The van der Waals surface area contributed by atoms with E-state index in [1.807, 2.05) is 30.5 Å². The molecule has 1 atom stereocenters. The SMILES string of the molecule is O=C1C[C@H]([NH2+]CCc2c[nH]c3ccccc23)C(=O)N1c1cccc(C(F)(F)F)c1. The highest BCUT2D eigenvalue weighted by Gasteiger charge is 2.42. The Morgan fingerprint density at radius 3 is 2.69 bits per heavy atom. The molecule has 5 nitrogen and oxygen atoms in total. The molecule has 0 aliphatic carbocycles. The van der Waals surface area contributed by atoms with Crippen molar-refractivity contribution >= 4 is 28.4 Å². The van der Waals surface area contributed by atoms with Crippen molar-refractivity contribution in [2.24, 2.45) is 0 Å². The van der Waals surface area contributed by atoms with Gasteiger partial charge in [-0.3, -0.25) is 9.59 Å². The Labute approximate surface area is 164 Å². The number of nitrogens with zero attached hydrogens (tertiary/aromatic N) is 1. The highest BCUT2D eigenvalue weighted by atomic mass is 19.4. The summed E-state index contributed by atoms with van der Waals surface area (Å²) in [6.45, 7) is 0.585. The van der Waals surface area contributed by atoms with Crippen molar-refractivity contribution in [3.63, 3.8) is 0 Å². The van der Waals surface area contributed by atoms with E-state index < -0.39 is 29.6 Å². The Morgan fingerprint density at radius 2 is 1.90 bits per heavy atom. The highest BCUT2D eigenvalue weighted by molar-refractivity contribution is 6.21. The van der Waals surface area contributed by atoms with Gasteiger partial charge in [-0.1, -0.05) is 24.3 Å². The highest BCUT2D eigenvalue weighted by Crippen LogP contribution is 2.32. The minimum Gasteiger partial charge on any atom is -0.361 e. The Morgan fingerprint density at radius 1 is 1.10 bits per heavy atom. The molecule has 3 N–H and O–H groups in total. The molecule has 4 rings (SSSR count). The molecule has 1 aliphatic rings. The number of hydrogen-bond acceptors (Lipinski definition) is 2. The zero-order valence-electron chi connectivity index (χ0n) is 15.4. The Kier molecular flexibility index (Phi) is 4.87. The van der Waals surface area contributed by atoms with Crippen LogP contribution >= 0.6 is 0 Å². The van der Waals surface area contributed by atoms with Crippen LogP contribution in [0.25, 0.3) is 10.9 Å². The number of halogens is 3. The molecule has 0 saturated carbocycles. The van der Waals surface area contributed by atoms with E-state index in [2.05, 4.69) is 4.98 Å². The van der Waals surface area contributed by atoms with E-state index in [-0.39, 0.29) is 12.1 Å². The van der Waals surface area contributed by atoms with Gasteiger partial charge in [0, 0.05) is 23.5 Å². The normalized spacial score (nSPS) is 17.5. The number of aromatic amines is 1. The number of para-hydroxylation sites is 1. The number of nitrogens with two attached hydrogens (primary N) is 1. The topological polar surface area (TPSA) is 69.8 Å². The number of hydrogen-bond donors (Lipinski definition) is 2. The van der Waals surface area contributed by atoms with Crippen molar-refractivity contribution in [2.75, 3.05) is 11.4 Å². The van der Waals surface area contributed by atoms with Gasteiger partial charge in [0.1, 0.15) is 0 Å². The van der Waals surface area contributed by atoms with E-state index in [9.17, 15) is 22.8 Å². The molecule has 2 aromatic carbocycles. The molecule has 150 valence electrons. The van der Waals surface area contributed by atoms with Gasteiger partial charge >= 0.3 is 6.18 Å². The number of nitrogens with one attached hydrogen (secondary N) is 1. The third-order valence-corrected chi connectivity index (χ3v) is 5.15. The zero-order valence-corrected chi connectivity index (χ0v) is 15.4. The number of aromatic nitrogens is 1. The molecule has 0 unspecified atom stereocenters. The Bertz CT molecular complexity index is 1070. The van der Waals surface area contributed by atoms with Crippen LogP contribution in [0.2, 0.25) is 0 Å². The quantitative estimate of drug-likeness (QED) is 0.645. The predicted molar refractivity (Wildman–Crippen MR) is 101 cm³/mol. The lowest BCUT2D eigenvalue weighted by molar-refractivity contribution is -0.674. The number of carbonyl (C=O) groups is 2. The second-order valence-corrected chi connectivity index (χ2v) is 7.06. The summed E-state index contributed by atoms with van der Waals surface area (Å²) < 4.78 is 38.8. The fraction of sp³-hybridized carbons (Fsp3) is 0.238. The predicted octanol–water partition coefficient (Wildman–Crippen LogP) is 2.62. The van der Waals surface area contributed by atoms with Crippen molar-refractivity contribution in [3.05, 3.63) is 65.9 Å². The average molecular weight is 402 g/mol. The van der Waals surface area contributed by atoms with Gasteiger partial charge in [0.05, 0.1) is 24.2 Å². The second-order valence-electron chi connectivity index (χ2n) is 7.06. The van der Waals surface area contributed by atoms with Crippen molar-refractivity contribution in [2.45, 2.75) is 25.1 Å². The lowest BCUT2D eigenvalue weighted by Crippen LogP contribution is -2.92. The smallest absolute Gasteiger partial charge is 0.361 e. The van der Waals surface area contributed by atoms with Crippen LogP contribution in [0.4, 0.5) is 18.9 Å². The molecule has 3 aromatic rings. The summed E-state index contributed by atoms with van der Waals surface area (Å²) in [6, 6.07) is 11.6. The molecular formula is C21H19F3N3O2+. The van der Waals surface area contributed by atoms with Crippen LogP contribution < -0.4 is 10.2 Å². The van der Waals surface area contributed by atoms with E-state index in [0.29, 0.717) is 13.0 Å². The van der Waals surface area contributed by atoms with E-state index in [0.717, 1.165) is 33.5 Å². The summed E-state index contributed by atoms with van der Waals surface area (Å²) in [4.78, 5) is 29.0. The van der Waals surface area contributed by atoms with Crippen LogP contribution in [0.1, 0.15) is 17.5 Å². The van der Waals surface area contributed by atoms with E-state index in [4.69, 9.17) is 0 Å². The summed E-state index contributed by atoms with van der Waals surface area (Å²) in [7, 11) is 0. The third-order valence-electron chi connectivity index (χ3n) is 5.15. The molecule has 0 bridgehead atoms. The molecule has 2 amide bonds. The van der Waals surface area contributed by atoms with Crippen LogP contribution in [0.5, 0.6) is 0 Å². The first-order chi connectivity index (χ1) is 13.8. The maximum absolute atomic E-state index is 12.9. The van der Waals surface area contributed by atoms with Crippen LogP contribution in [0, 0.1) is 0 Å². The fourth-order valence-electron chi connectivity index (χ4n) is 3.71. The average Bonchev–Trinajstić information content (AvgIpc) is 3.22. The summed E-state index contributed by atoms with van der Waals surface area (Å²) in [5.41, 5.74) is 1.22. The minimum atomic E-state index is -4.54. The summed E-state index contributed by atoms with van der Waals surface area (Å²) in [6.07, 6.45) is -1.93. The summed E-state index contributed by atoms with van der Waals surface area (Å²) in [5.74, 6) is -0.962. The van der Waals surface area contributed by atoms with Gasteiger partial charge in [-0.05, 0) is 29.8 Å². The first-order valence-electron chi connectivity index (χ1n) is 9.27. The van der Waals surface area contributed by atoms with Gasteiger partial charge < -0.3 is 10.3 Å². The lowest BCUT2D eigenvalue weighted by Gasteiger charge is -2.16. The molecule has 1 saturated heterocycles. The van der Waals surface area contributed by atoms with Gasteiger partial charge in [-0.25, -0.2) is 4.90 Å². The molecule has 8 heteroatoms. The summed E-state index contributed by atoms with van der Waals surface area (Å²) in [5, 5.41) is 2.90. The maximum atomic E-state index is 12.9. The number of amides is 2. The van der Waals surface area contributed by atoms with Gasteiger partial charge in [0.15, 0.2) is 6.04 Å². The molecule has 1 aromatic heterocycles. The zero-order chi connectivity index (χ0) is 20.6. The van der Waals surface area contributed by atoms with Gasteiger partial charge in [0.25, 0.3) is 5.91 Å². The number of alkyl halides is 3. The van der Waals surface area contributed by atoms with Crippen molar-refractivity contribution in [1.29, 1.82) is 0 Å². The number of imide groups is 1. The number of quaternary nitrogens is 1. The van der Waals surface area contributed by atoms with Crippen molar-refractivity contribution < 1.29 is 28.1 Å². The van der Waals surface area contributed by atoms with Crippen LogP contribution in [0.3, 0.4) is 0 Å². The molecule has 29 heavy (non-hydrogen) atoms. The summed E-state index contributed by atoms with van der Waals surface area (Å²) >= 11 is 0. The van der Waals surface area contributed by atoms with E-state index in [1.165, 1.54) is 12.1 Å². The largest absolute Gasteiger partial charge is 0.416 e. The number of H-pyrrole nitrogens is 1. The van der Waals surface area contributed by atoms with Gasteiger partial charge in [-0.15, -0.1) is 0 Å². The molecule has 1 fully saturated rings. The molecule has 1 aliphatic heterocycles. The van der Waals surface area contributed by atoms with Crippen LogP contribution in [-0.2, 0) is 22.2 Å². The molecule has 0 radical (unpaired) electrons. The first kappa shape index (κ1) is 19.2. The standard InChI is InChI=1S/C21H18F3N3O2/c22-21(23,24)14-4-3-5-15(10-14)27-19(28)11-18(20(27)29)25-9-8-13-12-26-17-7-2-1-6-16(13)17/h1-7,10,12,18,25-26H,8-9,11H2/p+1/t18-/m0/s1. The van der Waals surface area contributed by atoms with Crippen molar-refractivity contribution in [3.8, 4) is 0 Å². The first-order valence-corrected chi connectivity index (χ1v) is 9.27. The Hall–Kier alpha value is -3.13. The minimum absolute atomic E-state index is 0.0248. The number of anilines is 1. The monoisotopic (exact) mass is 402 g/mol. The number of rotatable bonds is 5. The van der Waals surface area contributed by atoms with Crippen LogP contribution in [-0.4, -0.2) is 29.4 Å². The van der Waals surface area contributed by atoms with Crippen molar-refractivity contribution in [1.82, 2.24) is 4.98 Å². The molecule has 0 spiro atoms. The molecular weight excluding hydrogens is 383 g/mol. The maximum Gasteiger partial charge on any atom is 0.416 e. The number of carbonyl (C=O) groups excluding carboxylic acids is 2. The fourth-order valence-corrected chi connectivity index (χ4v) is 3.71. The second kappa shape index (κ2) is 7.36. The van der Waals surface area contributed by atoms with E-state index >= 15 is 0 Å². The van der Waals surface area contributed by atoms with Gasteiger partial charge in [-0.2, -0.15) is 13.2 Å². The van der Waals surface area contributed by atoms with Gasteiger partial charge in [0.2, 0.25) is 5.91 Å². The number of fused-ring (bicyclic) bond motifs is 1. The third kappa shape index (κ3) is 3.75. The lowest BCUT2D eigenvalue weighted by atomic mass is 10.1. The van der Waals surface area contributed by atoms with Crippen LogP contribution in [0.15, 0.2) is 54.7 Å². The molecule has 2 heterocycles. The Balaban J connectivity index is 1.43. The van der Waals surface area contributed by atoms with E-state index in [1.54, 1.807) is 5.32 Å².